The molecule has 0 unspecified atom stereocenters. The Hall–Kier alpha value is -0.920. The van der Waals surface area contributed by atoms with Crippen LogP contribution < -0.4 is 10.6 Å². The largest absolute Gasteiger partial charge is 0.465 e. The highest BCUT2D eigenvalue weighted by atomic mass is 79.9. The van der Waals surface area contributed by atoms with Crippen molar-refractivity contribution in [2.45, 2.75) is 26.3 Å². The molecule has 116 valence electrons. The first-order chi connectivity index (χ1) is 9.85. The Kier molecular flexibility index (Phi) is 7.34. The van der Waals surface area contributed by atoms with E-state index in [9.17, 15) is 9.59 Å². The highest BCUT2D eigenvalue weighted by Crippen LogP contribution is 2.31. The molecule has 1 aromatic carbocycles. The van der Waals surface area contributed by atoms with Crippen LogP contribution >= 0.6 is 31.9 Å². The molecule has 0 spiro atoms. The van der Waals surface area contributed by atoms with Gasteiger partial charge in [0.1, 0.15) is 0 Å². The lowest BCUT2D eigenvalue weighted by Crippen LogP contribution is -2.27. The molecular weight excluding hydrogens is 404 g/mol. The number of halogens is 2. The Morgan fingerprint density at radius 2 is 1.95 bits per heavy atom. The summed E-state index contributed by atoms with van der Waals surface area (Å²) in [7, 11) is 1.30. The highest BCUT2D eigenvalue weighted by molar-refractivity contribution is 9.11. The van der Waals surface area contributed by atoms with Crippen LogP contribution in [-0.2, 0) is 9.53 Å². The van der Waals surface area contributed by atoms with Crippen molar-refractivity contribution in [2.24, 2.45) is 0 Å². The van der Waals surface area contributed by atoms with Gasteiger partial charge in [0.15, 0.2) is 0 Å². The van der Waals surface area contributed by atoms with E-state index < -0.39 is 5.97 Å². The third kappa shape index (κ3) is 5.76. The summed E-state index contributed by atoms with van der Waals surface area (Å²) >= 11 is 6.66. The van der Waals surface area contributed by atoms with Crippen molar-refractivity contribution in [1.29, 1.82) is 0 Å². The molecule has 0 aliphatic rings. The second-order valence-electron chi connectivity index (χ2n) is 4.71. The fourth-order valence-electron chi connectivity index (χ4n) is 1.65. The van der Waals surface area contributed by atoms with Crippen LogP contribution in [0.25, 0.3) is 0 Å². The number of methoxy groups -OCH3 is 1. The molecule has 0 heterocycles. The summed E-state index contributed by atoms with van der Waals surface area (Å²) < 4.78 is 6.07. The van der Waals surface area contributed by atoms with Gasteiger partial charge in [0, 0.05) is 28.0 Å². The van der Waals surface area contributed by atoms with Crippen LogP contribution in [0.4, 0.5) is 5.69 Å². The van der Waals surface area contributed by atoms with Gasteiger partial charge in [-0.25, -0.2) is 4.79 Å². The molecule has 1 amide bonds. The minimum Gasteiger partial charge on any atom is -0.465 e. The average Bonchev–Trinajstić information content (AvgIpc) is 2.40. The van der Waals surface area contributed by atoms with E-state index in [1.54, 1.807) is 12.1 Å². The zero-order valence-corrected chi connectivity index (χ0v) is 15.3. The van der Waals surface area contributed by atoms with Crippen LogP contribution in [0, 0.1) is 0 Å². The Labute approximate surface area is 141 Å². The summed E-state index contributed by atoms with van der Waals surface area (Å²) in [6.07, 6.45) is 0.321. The second kappa shape index (κ2) is 8.51. The molecule has 0 radical (unpaired) electrons. The number of nitrogens with one attached hydrogen (secondary N) is 2. The summed E-state index contributed by atoms with van der Waals surface area (Å²) in [5.41, 5.74) is 0.712. The molecule has 0 saturated carbocycles. The molecule has 0 bridgehead atoms. The molecule has 1 rings (SSSR count). The van der Waals surface area contributed by atoms with Gasteiger partial charge >= 0.3 is 5.97 Å². The fraction of sp³-hybridized carbons (Fsp3) is 0.429. The molecule has 2 N–H and O–H groups in total. The Balaban J connectivity index is 2.86. The predicted molar refractivity (Wildman–Crippen MR) is 89.6 cm³/mol. The summed E-state index contributed by atoms with van der Waals surface area (Å²) in [6, 6.07) is 3.69. The molecular formula is C14H18Br2N2O3. The summed E-state index contributed by atoms with van der Waals surface area (Å²) in [6.45, 7) is 4.60. The predicted octanol–water partition coefficient (Wildman–Crippen LogP) is 3.32. The number of carbonyl (C=O) groups excluding carboxylic acids is 2. The zero-order chi connectivity index (χ0) is 16.0. The normalized spacial score (nSPS) is 10.6. The van der Waals surface area contributed by atoms with Crippen LogP contribution in [0.15, 0.2) is 21.1 Å². The lowest BCUT2D eigenvalue weighted by atomic mass is 10.1. The first-order valence-corrected chi connectivity index (χ1v) is 8.04. The molecule has 21 heavy (non-hydrogen) atoms. The smallest absolute Gasteiger partial charge is 0.340 e. The summed E-state index contributed by atoms with van der Waals surface area (Å²) in [4.78, 5) is 23.8. The molecule has 0 atom stereocenters. The standard InChI is InChI=1S/C14H18Br2N2O3/c1-8(2)17-5-4-12(19)18-13-10(14(20)21-3)6-9(15)7-11(13)16/h6-8,17H,4-5H2,1-3H3,(H,18,19). The van der Waals surface area contributed by atoms with Crippen molar-refractivity contribution < 1.29 is 14.3 Å². The number of benzene rings is 1. The first kappa shape index (κ1) is 18.1. The van der Waals surface area contributed by atoms with Crippen LogP contribution in [0.1, 0.15) is 30.6 Å². The number of rotatable bonds is 6. The lowest BCUT2D eigenvalue weighted by molar-refractivity contribution is -0.116. The van der Waals surface area contributed by atoms with Crippen molar-refractivity contribution in [2.75, 3.05) is 19.0 Å². The van der Waals surface area contributed by atoms with E-state index in [0.717, 1.165) is 0 Å². The molecule has 0 aliphatic heterocycles. The fourth-order valence-corrected chi connectivity index (χ4v) is 2.97. The van der Waals surface area contributed by atoms with E-state index in [4.69, 9.17) is 4.74 Å². The van der Waals surface area contributed by atoms with E-state index in [-0.39, 0.29) is 5.91 Å². The van der Waals surface area contributed by atoms with Crippen molar-refractivity contribution in [1.82, 2.24) is 5.32 Å². The van der Waals surface area contributed by atoms with Crippen LogP contribution in [0.2, 0.25) is 0 Å². The number of hydrogen-bond donors (Lipinski definition) is 2. The van der Waals surface area contributed by atoms with E-state index >= 15 is 0 Å². The van der Waals surface area contributed by atoms with Gasteiger partial charge in [-0.2, -0.15) is 0 Å². The summed E-state index contributed by atoms with van der Waals surface area (Å²) in [5, 5.41) is 5.91. The van der Waals surface area contributed by atoms with E-state index in [0.29, 0.717) is 39.2 Å². The Bertz CT molecular complexity index is 533. The molecule has 0 saturated heterocycles. The lowest BCUT2D eigenvalue weighted by Gasteiger charge is -2.13. The van der Waals surface area contributed by atoms with Gasteiger partial charge in [-0.1, -0.05) is 29.8 Å². The maximum absolute atomic E-state index is 12.0. The van der Waals surface area contributed by atoms with Crippen molar-refractivity contribution in [3.05, 3.63) is 26.6 Å². The molecule has 1 aromatic rings. The monoisotopic (exact) mass is 420 g/mol. The number of amides is 1. The number of carbonyl (C=O) groups is 2. The maximum Gasteiger partial charge on any atom is 0.340 e. The van der Waals surface area contributed by atoms with Gasteiger partial charge in [-0.05, 0) is 28.1 Å². The van der Waals surface area contributed by atoms with Crippen LogP contribution in [0.5, 0.6) is 0 Å². The van der Waals surface area contributed by atoms with Crippen LogP contribution in [0.3, 0.4) is 0 Å². The van der Waals surface area contributed by atoms with Crippen LogP contribution in [-0.4, -0.2) is 31.6 Å². The van der Waals surface area contributed by atoms with Gasteiger partial charge in [0.25, 0.3) is 0 Å². The molecule has 5 nitrogen and oxygen atoms in total. The Morgan fingerprint density at radius 1 is 1.29 bits per heavy atom. The second-order valence-corrected chi connectivity index (χ2v) is 6.48. The Morgan fingerprint density at radius 3 is 2.52 bits per heavy atom. The average molecular weight is 422 g/mol. The number of anilines is 1. The van der Waals surface area contributed by atoms with Gasteiger partial charge in [-0.3, -0.25) is 4.79 Å². The molecule has 0 fully saturated rings. The SMILES string of the molecule is COC(=O)c1cc(Br)cc(Br)c1NC(=O)CCNC(C)C. The quantitative estimate of drug-likeness (QED) is 0.691. The third-order valence-electron chi connectivity index (χ3n) is 2.63. The highest BCUT2D eigenvalue weighted by Gasteiger charge is 2.18. The topological polar surface area (TPSA) is 67.4 Å². The number of esters is 1. The van der Waals surface area contributed by atoms with Crippen molar-refractivity contribution >= 4 is 49.4 Å². The van der Waals surface area contributed by atoms with E-state index in [1.165, 1.54) is 7.11 Å². The molecule has 0 aromatic heterocycles. The van der Waals surface area contributed by atoms with Gasteiger partial charge in [0.05, 0.1) is 18.4 Å². The van der Waals surface area contributed by atoms with E-state index in [2.05, 4.69) is 42.5 Å². The third-order valence-corrected chi connectivity index (χ3v) is 3.71. The molecule has 0 aliphatic carbocycles. The van der Waals surface area contributed by atoms with Gasteiger partial charge in [0.2, 0.25) is 5.91 Å². The van der Waals surface area contributed by atoms with Crippen molar-refractivity contribution in [3.8, 4) is 0 Å². The number of hydrogen-bond acceptors (Lipinski definition) is 4. The van der Waals surface area contributed by atoms with E-state index in [1.807, 2.05) is 13.8 Å². The summed E-state index contributed by atoms with van der Waals surface area (Å²) in [5.74, 6) is -0.677. The van der Waals surface area contributed by atoms with Gasteiger partial charge in [-0.15, -0.1) is 0 Å². The van der Waals surface area contributed by atoms with Gasteiger partial charge < -0.3 is 15.4 Å². The minimum atomic E-state index is -0.507. The minimum absolute atomic E-state index is 0.170. The van der Waals surface area contributed by atoms with Crippen molar-refractivity contribution in [3.63, 3.8) is 0 Å². The zero-order valence-electron chi connectivity index (χ0n) is 12.1. The molecule has 7 heteroatoms. The number of ether oxygens (including phenoxy) is 1. The maximum atomic E-state index is 12.0. The first-order valence-electron chi connectivity index (χ1n) is 6.45.